The molecule has 6 nitrogen and oxygen atoms in total. The molecule has 0 saturated heterocycles. The molecule has 0 aliphatic carbocycles. The van der Waals surface area contributed by atoms with E-state index < -0.39 is 6.03 Å². The van der Waals surface area contributed by atoms with Crippen LogP contribution in [-0.2, 0) is 24.3 Å². The van der Waals surface area contributed by atoms with Gasteiger partial charge in [0.1, 0.15) is 5.76 Å². The Kier molecular flexibility index (Phi) is 4.73. The molecule has 0 atom stereocenters. The standard InChI is InChI=1S/C17H19N3O3/c21-16(19-17(22)18-10-15-6-3-9-23-15)12-20-8-7-13-4-1-2-5-14(13)11-20/h1-6,9H,7-8,10-12H2,(H2,18,19,21,22). The zero-order chi connectivity index (χ0) is 16.1. The third kappa shape index (κ3) is 4.20. The highest BCUT2D eigenvalue weighted by Crippen LogP contribution is 2.17. The molecule has 0 bridgehead atoms. The van der Waals surface area contributed by atoms with Gasteiger partial charge in [0.15, 0.2) is 0 Å². The number of carbonyl (C=O) groups excluding carboxylic acids is 2. The van der Waals surface area contributed by atoms with E-state index in [-0.39, 0.29) is 19.0 Å². The van der Waals surface area contributed by atoms with Gasteiger partial charge in [-0.15, -0.1) is 0 Å². The van der Waals surface area contributed by atoms with E-state index in [1.807, 2.05) is 17.0 Å². The van der Waals surface area contributed by atoms with E-state index in [0.717, 1.165) is 19.5 Å². The predicted octanol–water partition coefficient (Wildman–Crippen LogP) is 1.66. The van der Waals surface area contributed by atoms with E-state index >= 15 is 0 Å². The first kappa shape index (κ1) is 15.3. The van der Waals surface area contributed by atoms with Crippen molar-refractivity contribution in [1.29, 1.82) is 0 Å². The van der Waals surface area contributed by atoms with Crippen LogP contribution in [0, 0.1) is 0 Å². The highest BCUT2D eigenvalue weighted by Gasteiger charge is 2.18. The van der Waals surface area contributed by atoms with Crippen molar-refractivity contribution in [2.24, 2.45) is 0 Å². The summed E-state index contributed by atoms with van der Waals surface area (Å²) in [4.78, 5) is 25.7. The fourth-order valence-electron chi connectivity index (χ4n) is 2.68. The molecular weight excluding hydrogens is 294 g/mol. The summed E-state index contributed by atoms with van der Waals surface area (Å²) in [7, 11) is 0. The lowest BCUT2D eigenvalue weighted by atomic mass is 10.00. The van der Waals surface area contributed by atoms with Crippen molar-refractivity contribution in [1.82, 2.24) is 15.5 Å². The Labute approximate surface area is 134 Å². The molecule has 3 rings (SSSR count). The van der Waals surface area contributed by atoms with Crippen molar-refractivity contribution < 1.29 is 14.0 Å². The molecule has 0 saturated carbocycles. The lowest BCUT2D eigenvalue weighted by Crippen LogP contribution is -2.45. The van der Waals surface area contributed by atoms with Crippen LogP contribution in [0.3, 0.4) is 0 Å². The van der Waals surface area contributed by atoms with Crippen molar-refractivity contribution in [2.45, 2.75) is 19.5 Å². The van der Waals surface area contributed by atoms with Crippen molar-refractivity contribution in [3.05, 3.63) is 59.5 Å². The molecule has 2 N–H and O–H groups in total. The van der Waals surface area contributed by atoms with Crippen molar-refractivity contribution in [3.63, 3.8) is 0 Å². The van der Waals surface area contributed by atoms with Gasteiger partial charge in [0.2, 0.25) is 5.91 Å². The first-order valence-corrected chi connectivity index (χ1v) is 7.60. The Morgan fingerprint density at radius 1 is 1.13 bits per heavy atom. The van der Waals surface area contributed by atoms with Crippen LogP contribution in [0.25, 0.3) is 0 Å². The van der Waals surface area contributed by atoms with Gasteiger partial charge >= 0.3 is 6.03 Å². The van der Waals surface area contributed by atoms with Crippen molar-refractivity contribution in [2.75, 3.05) is 13.1 Å². The molecule has 2 heterocycles. The first-order valence-electron chi connectivity index (χ1n) is 7.60. The molecular formula is C17H19N3O3. The topological polar surface area (TPSA) is 74.6 Å². The second-order valence-electron chi connectivity index (χ2n) is 5.54. The van der Waals surface area contributed by atoms with E-state index in [2.05, 4.69) is 22.8 Å². The van der Waals surface area contributed by atoms with Crippen molar-refractivity contribution >= 4 is 11.9 Å². The summed E-state index contributed by atoms with van der Waals surface area (Å²) in [5.41, 5.74) is 2.58. The fourth-order valence-corrected chi connectivity index (χ4v) is 2.68. The van der Waals surface area contributed by atoms with Crippen LogP contribution in [-0.4, -0.2) is 29.9 Å². The Hall–Kier alpha value is -2.60. The SMILES string of the molecule is O=C(CN1CCc2ccccc2C1)NC(=O)NCc1ccco1. The minimum absolute atomic E-state index is 0.211. The maximum absolute atomic E-state index is 12.0. The maximum atomic E-state index is 12.0. The van der Waals surface area contributed by atoms with E-state index in [4.69, 9.17) is 4.42 Å². The lowest BCUT2D eigenvalue weighted by Gasteiger charge is -2.27. The second-order valence-corrected chi connectivity index (χ2v) is 5.54. The summed E-state index contributed by atoms with van der Waals surface area (Å²) in [6.45, 7) is 2.02. The van der Waals surface area contributed by atoms with Gasteiger partial charge in [-0.2, -0.15) is 0 Å². The molecule has 1 aromatic heterocycles. The van der Waals surface area contributed by atoms with Gasteiger partial charge < -0.3 is 9.73 Å². The van der Waals surface area contributed by atoms with Crippen LogP contribution in [0.4, 0.5) is 4.79 Å². The number of amides is 3. The smallest absolute Gasteiger partial charge is 0.321 e. The van der Waals surface area contributed by atoms with Crippen molar-refractivity contribution in [3.8, 4) is 0 Å². The molecule has 0 fully saturated rings. The second kappa shape index (κ2) is 7.11. The summed E-state index contributed by atoms with van der Waals surface area (Å²) in [5, 5.41) is 4.93. The number of nitrogens with zero attached hydrogens (tertiary/aromatic N) is 1. The molecule has 23 heavy (non-hydrogen) atoms. The maximum Gasteiger partial charge on any atom is 0.321 e. The van der Waals surface area contributed by atoms with Gasteiger partial charge in [-0.05, 0) is 29.7 Å². The van der Waals surface area contributed by atoms with Gasteiger partial charge in [-0.3, -0.25) is 15.0 Å². The van der Waals surface area contributed by atoms with E-state index in [9.17, 15) is 9.59 Å². The highest BCUT2D eigenvalue weighted by atomic mass is 16.3. The average Bonchev–Trinajstić information content (AvgIpc) is 3.06. The normalized spacial score (nSPS) is 14.1. The molecule has 1 aliphatic heterocycles. The molecule has 120 valence electrons. The van der Waals surface area contributed by atoms with E-state index in [1.54, 1.807) is 12.1 Å². The monoisotopic (exact) mass is 313 g/mol. The van der Waals surface area contributed by atoms with Crippen LogP contribution < -0.4 is 10.6 Å². The van der Waals surface area contributed by atoms with E-state index in [0.29, 0.717) is 5.76 Å². The van der Waals surface area contributed by atoms with Gasteiger partial charge in [-0.1, -0.05) is 24.3 Å². The van der Waals surface area contributed by atoms with Gasteiger partial charge in [-0.25, -0.2) is 4.79 Å². The van der Waals surface area contributed by atoms with Crippen LogP contribution in [0.15, 0.2) is 47.1 Å². The Balaban J connectivity index is 1.43. The minimum atomic E-state index is -0.510. The van der Waals surface area contributed by atoms with E-state index in [1.165, 1.54) is 17.4 Å². The molecule has 0 unspecified atom stereocenters. The first-order chi connectivity index (χ1) is 11.2. The minimum Gasteiger partial charge on any atom is -0.467 e. The quantitative estimate of drug-likeness (QED) is 0.900. The number of rotatable bonds is 4. The molecule has 2 aromatic rings. The van der Waals surface area contributed by atoms with Gasteiger partial charge in [0, 0.05) is 13.1 Å². The fraction of sp³-hybridized carbons (Fsp3) is 0.294. The number of hydrogen-bond acceptors (Lipinski definition) is 4. The lowest BCUT2D eigenvalue weighted by molar-refractivity contribution is -0.121. The Morgan fingerprint density at radius 2 is 1.96 bits per heavy atom. The number of carbonyl (C=O) groups is 2. The largest absolute Gasteiger partial charge is 0.467 e. The molecule has 0 spiro atoms. The van der Waals surface area contributed by atoms with Gasteiger partial charge in [0.25, 0.3) is 0 Å². The van der Waals surface area contributed by atoms with Crippen LogP contribution in [0.2, 0.25) is 0 Å². The summed E-state index contributed by atoms with van der Waals surface area (Å²) < 4.78 is 5.11. The van der Waals surface area contributed by atoms with Crippen LogP contribution in [0.1, 0.15) is 16.9 Å². The third-order valence-electron chi connectivity index (χ3n) is 3.83. The number of benzene rings is 1. The zero-order valence-electron chi connectivity index (χ0n) is 12.7. The average molecular weight is 313 g/mol. The van der Waals surface area contributed by atoms with Crippen LogP contribution >= 0.6 is 0 Å². The Morgan fingerprint density at radius 3 is 2.74 bits per heavy atom. The third-order valence-corrected chi connectivity index (χ3v) is 3.83. The molecule has 3 amide bonds. The summed E-state index contributed by atoms with van der Waals surface area (Å²) in [6, 6.07) is 11.2. The highest BCUT2D eigenvalue weighted by molar-refractivity contribution is 5.95. The molecule has 0 radical (unpaired) electrons. The predicted molar refractivity (Wildman–Crippen MR) is 84.5 cm³/mol. The number of nitrogens with one attached hydrogen (secondary N) is 2. The number of hydrogen-bond donors (Lipinski definition) is 2. The molecule has 1 aliphatic rings. The summed E-state index contributed by atoms with van der Waals surface area (Å²) in [5.74, 6) is 0.335. The number of furan rings is 1. The van der Waals surface area contributed by atoms with Crippen LogP contribution in [0.5, 0.6) is 0 Å². The Bertz CT molecular complexity index is 682. The van der Waals surface area contributed by atoms with Gasteiger partial charge in [0.05, 0.1) is 19.4 Å². The summed E-state index contributed by atoms with van der Waals surface area (Å²) >= 11 is 0. The molecule has 1 aromatic carbocycles. The summed E-state index contributed by atoms with van der Waals surface area (Å²) in [6.07, 6.45) is 2.46. The molecule has 6 heteroatoms. The number of fused-ring (bicyclic) bond motifs is 1. The zero-order valence-corrected chi connectivity index (χ0v) is 12.7. The number of imide groups is 1. The number of urea groups is 1.